The van der Waals surface area contributed by atoms with Crippen molar-refractivity contribution in [3.05, 3.63) is 24.0 Å². The van der Waals surface area contributed by atoms with Gasteiger partial charge in [0, 0.05) is 12.1 Å². The number of benzene rings is 1. The van der Waals surface area contributed by atoms with Gasteiger partial charge in [0.05, 0.1) is 0 Å². The topological polar surface area (TPSA) is 66.8 Å². The van der Waals surface area contributed by atoms with Crippen LogP contribution in [0, 0.1) is 5.82 Å². The molecule has 1 aromatic carbocycles. The molecule has 0 heterocycles. The van der Waals surface area contributed by atoms with E-state index < -0.39 is 20.8 Å². The van der Waals surface area contributed by atoms with Gasteiger partial charge in [0.1, 0.15) is 22.6 Å². The highest BCUT2D eigenvalue weighted by Crippen LogP contribution is 2.28. The average molecular weight is 317 g/mol. The summed E-state index contributed by atoms with van der Waals surface area (Å²) >= 11 is 0. The SMILES string of the molecule is CN(C)[C@H]1CCCC[C@@H]1Oc1ccc(S(=O)(=O)O)c(F)c1. The molecule has 1 aliphatic carbocycles. The molecule has 0 aliphatic heterocycles. The number of nitrogens with zero attached hydrogens (tertiary/aromatic N) is 1. The van der Waals surface area contributed by atoms with E-state index >= 15 is 0 Å². The number of ether oxygens (including phenoxy) is 1. The van der Waals surface area contributed by atoms with Gasteiger partial charge >= 0.3 is 0 Å². The van der Waals surface area contributed by atoms with Gasteiger partial charge in [0.15, 0.2) is 0 Å². The van der Waals surface area contributed by atoms with E-state index in [0.717, 1.165) is 37.8 Å². The Kier molecular flexibility index (Phi) is 4.85. The van der Waals surface area contributed by atoms with Crippen LogP contribution in [0.1, 0.15) is 25.7 Å². The van der Waals surface area contributed by atoms with Crippen molar-refractivity contribution in [2.24, 2.45) is 0 Å². The van der Waals surface area contributed by atoms with Gasteiger partial charge in [0.2, 0.25) is 0 Å². The Balaban J connectivity index is 2.18. The normalized spacial score (nSPS) is 23.3. The van der Waals surface area contributed by atoms with Crippen molar-refractivity contribution >= 4 is 10.1 Å². The number of hydrogen-bond donors (Lipinski definition) is 1. The fourth-order valence-corrected chi connectivity index (χ4v) is 3.29. The van der Waals surface area contributed by atoms with Crippen LogP contribution in [-0.2, 0) is 10.1 Å². The van der Waals surface area contributed by atoms with Gasteiger partial charge in [-0.25, -0.2) is 4.39 Å². The van der Waals surface area contributed by atoms with Gasteiger partial charge in [-0.05, 0) is 45.5 Å². The summed E-state index contributed by atoms with van der Waals surface area (Å²) < 4.78 is 50.4. The summed E-state index contributed by atoms with van der Waals surface area (Å²) in [5, 5.41) is 0. The minimum atomic E-state index is -4.55. The van der Waals surface area contributed by atoms with Crippen molar-refractivity contribution < 1.29 is 22.1 Å². The van der Waals surface area contributed by atoms with E-state index in [2.05, 4.69) is 4.90 Å². The predicted molar refractivity (Wildman–Crippen MR) is 76.6 cm³/mol. The lowest BCUT2D eigenvalue weighted by atomic mass is 9.91. The summed E-state index contributed by atoms with van der Waals surface area (Å²) in [5.41, 5.74) is 0. The Hall–Kier alpha value is -1.18. The first kappa shape index (κ1) is 16.2. The van der Waals surface area contributed by atoms with Crippen LogP contribution in [0.4, 0.5) is 4.39 Å². The minimum absolute atomic E-state index is 0.0512. The van der Waals surface area contributed by atoms with Crippen molar-refractivity contribution in [3.8, 4) is 5.75 Å². The Labute approximate surface area is 124 Å². The number of rotatable bonds is 4. The Bertz CT molecular complexity index is 603. The second kappa shape index (κ2) is 6.29. The van der Waals surface area contributed by atoms with E-state index in [1.54, 1.807) is 0 Å². The van der Waals surface area contributed by atoms with E-state index in [4.69, 9.17) is 9.29 Å². The lowest BCUT2D eigenvalue weighted by Gasteiger charge is -2.36. The molecule has 1 aromatic rings. The number of hydrogen-bond acceptors (Lipinski definition) is 4. The molecule has 118 valence electrons. The first-order valence-electron chi connectivity index (χ1n) is 6.89. The molecule has 2 rings (SSSR count). The molecule has 0 bridgehead atoms. The molecule has 0 spiro atoms. The van der Waals surface area contributed by atoms with Crippen LogP contribution in [0.2, 0.25) is 0 Å². The smallest absolute Gasteiger partial charge is 0.297 e. The summed E-state index contributed by atoms with van der Waals surface area (Å²) in [6.45, 7) is 0. The molecule has 7 heteroatoms. The van der Waals surface area contributed by atoms with E-state index in [0.29, 0.717) is 0 Å². The van der Waals surface area contributed by atoms with Crippen molar-refractivity contribution in [1.82, 2.24) is 4.90 Å². The Morgan fingerprint density at radius 2 is 1.95 bits per heavy atom. The maximum atomic E-state index is 13.7. The molecule has 1 fully saturated rings. The molecular weight excluding hydrogens is 297 g/mol. The third-order valence-electron chi connectivity index (χ3n) is 3.80. The third kappa shape index (κ3) is 3.93. The molecule has 0 amide bonds. The van der Waals surface area contributed by atoms with Gasteiger partial charge < -0.3 is 9.64 Å². The van der Waals surface area contributed by atoms with Crippen LogP contribution in [-0.4, -0.2) is 44.1 Å². The number of halogens is 1. The van der Waals surface area contributed by atoms with Crippen molar-refractivity contribution in [1.29, 1.82) is 0 Å². The largest absolute Gasteiger partial charge is 0.489 e. The quantitative estimate of drug-likeness (QED) is 0.863. The predicted octanol–water partition coefficient (Wildman–Crippen LogP) is 2.32. The average Bonchev–Trinajstić information content (AvgIpc) is 2.37. The zero-order valence-corrected chi connectivity index (χ0v) is 12.9. The second-order valence-corrected chi connectivity index (χ2v) is 6.93. The molecule has 0 unspecified atom stereocenters. The Morgan fingerprint density at radius 1 is 1.29 bits per heavy atom. The van der Waals surface area contributed by atoms with E-state index in [9.17, 15) is 12.8 Å². The van der Waals surface area contributed by atoms with Crippen LogP contribution in [0.25, 0.3) is 0 Å². The van der Waals surface area contributed by atoms with Crippen LogP contribution in [0.15, 0.2) is 23.1 Å². The van der Waals surface area contributed by atoms with Gasteiger partial charge in [-0.2, -0.15) is 8.42 Å². The molecule has 1 aliphatic rings. The highest BCUT2D eigenvalue weighted by Gasteiger charge is 2.28. The molecule has 2 atom stereocenters. The standard InChI is InChI=1S/C14H20FNO4S/c1-16(2)12-5-3-4-6-13(12)20-10-7-8-14(11(15)9-10)21(17,18)19/h7-9,12-13H,3-6H2,1-2H3,(H,17,18,19)/t12-,13-/m0/s1. The fraction of sp³-hybridized carbons (Fsp3) is 0.571. The molecule has 0 aromatic heterocycles. The first-order valence-corrected chi connectivity index (χ1v) is 8.33. The maximum absolute atomic E-state index is 13.7. The highest BCUT2D eigenvalue weighted by atomic mass is 32.2. The molecule has 21 heavy (non-hydrogen) atoms. The molecule has 0 saturated heterocycles. The Morgan fingerprint density at radius 3 is 2.52 bits per heavy atom. The van der Waals surface area contributed by atoms with Crippen molar-refractivity contribution in [2.75, 3.05) is 14.1 Å². The summed E-state index contributed by atoms with van der Waals surface area (Å²) in [6.07, 6.45) is 4.04. The van der Waals surface area contributed by atoms with Crippen molar-refractivity contribution in [2.45, 2.75) is 42.7 Å². The highest BCUT2D eigenvalue weighted by molar-refractivity contribution is 7.85. The minimum Gasteiger partial charge on any atom is -0.489 e. The van der Waals surface area contributed by atoms with E-state index in [-0.39, 0.29) is 17.9 Å². The maximum Gasteiger partial charge on any atom is 0.297 e. The lowest BCUT2D eigenvalue weighted by Crippen LogP contribution is -2.44. The van der Waals surface area contributed by atoms with Crippen LogP contribution >= 0.6 is 0 Å². The fourth-order valence-electron chi connectivity index (χ4n) is 2.74. The number of likely N-dealkylation sites (N-methyl/N-ethyl adjacent to an activating group) is 1. The summed E-state index contributed by atoms with van der Waals surface area (Å²) in [6, 6.07) is 3.65. The molecule has 1 saturated carbocycles. The van der Waals surface area contributed by atoms with Gasteiger partial charge in [0.25, 0.3) is 10.1 Å². The van der Waals surface area contributed by atoms with E-state index in [1.165, 1.54) is 6.07 Å². The molecule has 5 nitrogen and oxygen atoms in total. The van der Waals surface area contributed by atoms with Gasteiger partial charge in [-0.1, -0.05) is 6.42 Å². The lowest BCUT2D eigenvalue weighted by molar-refractivity contribution is 0.0620. The second-order valence-electron chi connectivity index (χ2n) is 5.54. The molecule has 1 N–H and O–H groups in total. The monoisotopic (exact) mass is 317 g/mol. The summed E-state index contributed by atoms with van der Waals surface area (Å²) in [7, 11) is -0.585. The van der Waals surface area contributed by atoms with Gasteiger partial charge in [-0.3, -0.25) is 4.55 Å². The molecule has 0 radical (unpaired) electrons. The van der Waals surface area contributed by atoms with Crippen LogP contribution in [0.3, 0.4) is 0 Å². The third-order valence-corrected chi connectivity index (χ3v) is 4.69. The molecular formula is C14H20FNO4S. The van der Waals surface area contributed by atoms with E-state index in [1.807, 2.05) is 14.1 Å². The zero-order chi connectivity index (χ0) is 15.6. The first-order chi connectivity index (χ1) is 9.79. The van der Waals surface area contributed by atoms with Gasteiger partial charge in [-0.15, -0.1) is 0 Å². The van der Waals surface area contributed by atoms with Crippen molar-refractivity contribution in [3.63, 3.8) is 0 Å². The zero-order valence-electron chi connectivity index (χ0n) is 12.1. The summed E-state index contributed by atoms with van der Waals surface area (Å²) in [4.78, 5) is 1.36. The van der Waals surface area contributed by atoms with Crippen LogP contribution < -0.4 is 4.74 Å². The summed E-state index contributed by atoms with van der Waals surface area (Å²) in [5.74, 6) is -0.731. The van der Waals surface area contributed by atoms with Crippen LogP contribution in [0.5, 0.6) is 5.75 Å².